The van der Waals surface area contributed by atoms with E-state index < -0.39 is 0 Å². The highest BCUT2D eigenvalue weighted by Gasteiger charge is 2.09. The predicted octanol–water partition coefficient (Wildman–Crippen LogP) is 2.91. The first-order chi connectivity index (χ1) is 9.21. The highest BCUT2D eigenvalue weighted by atomic mass is 16.5. The molecule has 0 aliphatic heterocycles. The van der Waals surface area contributed by atoms with E-state index in [1.54, 1.807) is 0 Å². The quantitative estimate of drug-likeness (QED) is 0.742. The van der Waals surface area contributed by atoms with Gasteiger partial charge < -0.3 is 10.1 Å². The molecule has 0 aliphatic rings. The standard InChI is InChI=1S/C16H28N2O/c1-5-14(3)18(6-2)11-12-19-16-9-7-15(8-10-16)13-17-4/h7-10,14,17H,5-6,11-13H2,1-4H3. The van der Waals surface area contributed by atoms with Crippen molar-refractivity contribution in [1.82, 2.24) is 10.2 Å². The van der Waals surface area contributed by atoms with E-state index in [0.717, 1.165) is 32.0 Å². The maximum Gasteiger partial charge on any atom is 0.119 e. The summed E-state index contributed by atoms with van der Waals surface area (Å²) in [7, 11) is 1.96. The first-order valence-corrected chi connectivity index (χ1v) is 7.31. The molecule has 0 bridgehead atoms. The van der Waals surface area contributed by atoms with E-state index in [1.807, 2.05) is 19.2 Å². The average Bonchev–Trinajstić information content (AvgIpc) is 2.45. The number of nitrogens with zero attached hydrogens (tertiary/aromatic N) is 1. The van der Waals surface area contributed by atoms with Crippen LogP contribution in [-0.4, -0.2) is 37.7 Å². The molecule has 1 aromatic rings. The van der Waals surface area contributed by atoms with E-state index in [2.05, 4.69) is 43.1 Å². The summed E-state index contributed by atoms with van der Waals surface area (Å²) >= 11 is 0. The Morgan fingerprint density at radius 3 is 2.42 bits per heavy atom. The largest absolute Gasteiger partial charge is 0.492 e. The summed E-state index contributed by atoms with van der Waals surface area (Å²) in [5.74, 6) is 0.958. The number of likely N-dealkylation sites (N-methyl/N-ethyl adjacent to an activating group) is 1. The Morgan fingerprint density at radius 1 is 1.21 bits per heavy atom. The molecule has 0 heterocycles. The minimum atomic E-state index is 0.631. The van der Waals surface area contributed by atoms with E-state index in [9.17, 15) is 0 Å². The van der Waals surface area contributed by atoms with Crippen LogP contribution in [0.3, 0.4) is 0 Å². The number of benzene rings is 1. The van der Waals surface area contributed by atoms with Gasteiger partial charge in [0.15, 0.2) is 0 Å². The molecule has 1 N–H and O–H groups in total. The van der Waals surface area contributed by atoms with Crippen LogP contribution in [-0.2, 0) is 6.54 Å². The highest BCUT2D eigenvalue weighted by Crippen LogP contribution is 2.12. The summed E-state index contributed by atoms with van der Waals surface area (Å²) < 4.78 is 5.80. The normalized spacial score (nSPS) is 12.7. The summed E-state index contributed by atoms with van der Waals surface area (Å²) in [6, 6.07) is 8.95. The van der Waals surface area contributed by atoms with Gasteiger partial charge in [-0.05, 0) is 44.6 Å². The average molecular weight is 264 g/mol. The SMILES string of the molecule is CCC(C)N(CC)CCOc1ccc(CNC)cc1. The molecule has 0 aromatic heterocycles. The predicted molar refractivity (Wildman–Crippen MR) is 81.7 cm³/mol. The summed E-state index contributed by atoms with van der Waals surface area (Å²) in [6.45, 7) is 10.4. The Morgan fingerprint density at radius 2 is 1.89 bits per heavy atom. The molecule has 19 heavy (non-hydrogen) atoms. The zero-order valence-electron chi connectivity index (χ0n) is 12.8. The summed E-state index contributed by atoms with van der Waals surface area (Å²) in [5.41, 5.74) is 1.28. The molecular formula is C16H28N2O. The van der Waals surface area contributed by atoms with Crippen molar-refractivity contribution in [3.8, 4) is 5.75 Å². The van der Waals surface area contributed by atoms with Crippen molar-refractivity contribution in [2.45, 2.75) is 39.8 Å². The molecule has 1 unspecified atom stereocenters. The molecule has 1 rings (SSSR count). The van der Waals surface area contributed by atoms with Crippen LogP contribution in [0.4, 0.5) is 0 Å². The molecular weight excluding hydrogens is 236 g/mol. The van der Waals surface area contributed by atoms with Crippen LogP contribution in [0.25, 0.3) is 0 Å². The molecule has 0 aliphatic carbocycles. The highest BCUT2D eigenvalue weighted by molar-refractivity contribution is 5.27. The van der Waals surface area contributed by atoms with Gasteiger partial charge in [0.1, 0.15) is 12.4 Å². The van der Waals surface area contributed by atoms with Crippen LogP contribution in [0.15, 0.2) is 24.3 Å². The fourth-order valence-corrected chi connectivity index (χ4v) is 2.14. The van der Waals surface area contributed by atoms with Crippen molar-refractivity contribution in [2.75, 3.05) is 26.7 Å². The van der Waals surface area contributed by atoms with Gasteiger partial charge in [-0.3, -0.25) is 4.90 Å². The van der Waals surface area contributed by atoms with Crippen molar-refractivity contribution in [3.05, 3.63) is 29.8 Å². The topological polar surface area (TPSA) is 24.5 Å². The molecule has 3 heteroatoms. The lowest BCUT2D eigenvalue weighted by Crippen LogP contribution is -2.35. The van der Waals surface area contributed by atoms with Crippen molar-refractivity contribution in [2.24, 2.45) is 0 Å². The monoisotopic (exact) mass is 264 g/mol. The van der Waals surface area contributed by atoms with Gasteiger partial charge in [0.2, 0.25) is 0 Å². The smallest absolute Gasteiger partial charge is 0.119 e. The Hall–Kier alpha value is -1.06. The Bertz CT molecular complexity index is 337. The van der Waals surface area contributed by atoms with Crippen molar-refractivity contribution in [3.63, 3.8) is 0 Å². The van der Waals surface area contributed by atoms with Gasteiger partial charge in [0.05, 0.1) is 0 Å². The Labute approximate surface area is 118 Å². The van der Waals surface area contributed by atoms with Gasteiger partial charge in [0.25, 0.3) is 0 Å². The van der Waals surface area contributed by atoms with Crippen LogP contribution < -0.4 is 10.1 Å². The second-order valence-corrected chi connectivity index (χ2v) is 4.91. The third kappa shape index (κ3) is 5.62. The number of hydrogen-bond acceptors (Lipinski definition) is 3. The zero-order chi connectivity index (χ0) is 14.1. The van der Waals surface area contributed by atoms with Crippen LogP contribution >= 0.6 is 0 Å². The van der Waals surface area contributed by atoms with Crippen molar-refractivity contribution < 1.29 is 4.74 Å². The molecule has 0 saturated carbocycles. The third-order valence-electron chi connectivity index (χ3n) is 3.57. The molecule has 0 saturated heterocycles. The molecule has 1 aromatic carbocycles. The van der Waals surface area contributed by atoms with Gasteiger partial charge >= 0.3 is 0 Å². The fraction of sp³-hybridized carbons (Fsp3) is 0.625. The van der Waals surface area contributed by atoms with Crippen molar-refractivity contribution in [1.29, 1.82) is 0 Å². The number of hydrogen-bond donors (Lipinski definition) is 1. The van der Waals surface area contributed by atoms with E-state index >= 15 is 0 Å². The Kier molecular flexibility index (Phi) is 7.53. The number of ether oxygens (including phenoxy) is 1. The second-order valence-electron chi connectivity index (χ2n) is 4.91. The lowest BCUT2D eigenvalue weighted by Gasteiger charge is -2.26. The summed E-state index contributed by atoms with van der Waals surface area (Å²) in [4.78, 5) is 2.45. The zero-order valence-corrected chi connectivity index (χ0v) is 12.8. The van der Waals surface area contributed by atoms with Gasteiger partial charge in [-0.1, -0.05) is 26.0 Å². The first kappa shape index (κ1) is 16.0. The molecule has 3 nitrogen and oxygen atoms in total. The molecule has 108 valence electrons. The maximum absolute atomic E-state index is 5.80. The van der Waals surface area contributed by atoms with E-state index in [0.29, 0.717) is 6.04 Å². The van der Waals surface area contributed by atoms with Gasteiger partial charge in [-0.2, -0.15) is 0 Å². The minimum Gasteiger partial charge on any atom is -0.492 e. The van der Waals surface area contributed by atoms with E-state index in [-0.39, 0.29) is 0 Å². The van der Waals surface area contributed by atoms with Gasteiger partial charge in [-0.15, -0.1) is 0 Å². The molecule has 0 spiro atoms. The number of nitrogens with one attached hydrogen (secondary N) is 1. The second kappa shape index (κ2) is 8.94. The van der Waals surface area contributed by atoms with E-state index in [1.165, 1.54) is 12.0 Å². The maximum atomic E-state index is 5.80. The fourth-order valence-electron chi connectivity index (χ4n) is 2.14. The molecule has 1 atom stereocenters. The van der Waals surface area contributed by atoms with Crippen LogP contribution in [0, 0.1) is 0 Å². The van der Waals surface area contributed by atoms with Gasteiger partial charge in [0, 0.05) is 19.1 Å². The minimum absolute atomic E-state index is 0.631. The molecule has 0 amide bonds. The Balaban J connectivity index is 2.35. The third-order valence-corrected chi connectivity index (χ3v) is 3.57. The molecule has 0 radical (unpaired) electrons. The lowest BCUT2D eigenvalue weighted by molar-refractivity contribution is 0.171. The van der Waals surface area contributed by atoms with E-state index in [4.69, 9.17) is 4.74 Å². The first-order valence-electron chi connectivity index (χ1n) is 7.31. The van der Waals surface area contributed by atoms with Crippen LogP contribution in [0.5, 0.6) is 5.75 Å². The van der Waals surface area contributed by atoms with Crippen LogP contribution in [0.2, 0.25) is 0 Å². The van der Waals surface area contributed by atoms with Gasteiger partial charge in [-0.25, -0.2) is 0 Å². The molecule has 0 fully saturated rings. The summed E-state index contributed by atoms with van der Waals surface area (Å²) in [5, 5.41) is 3.14. The summed E-state index contributed by atoms with van der Waals surface area (Å²) in [6.07, 6.45) is 1.19. The lowest BCUT2D eigenvalue weighted by atomic mass is 10.2. The number of rotatable bonds is 9. The van der Waals surface area contributed by atoms with Crippen LogP contribution in [0.1, 0.15) is 32.8 Å². The van der Waals surface area contributed by atoms with Crippen molar-refractivity contribution >= 4 is 0 Å².